The molecule has 9 aromatic carbocycles. The molecule has 2 aromatic heterocycles. The summed E-state index contributed by atoms with van der Waals surface area (Å²) in [7, 11) is 0. The van der Waals surface area contributed by atoms with E-state index in [2.05, 4.69) is 216 Å². The van der Waals surface area contributed by atoms with Gasteiger partial charge in [-0.2, -0.15) is 0 Å². The van der Waals surface area contributed by atoms with Crippen molar-refractivity contribution in [1.29, 1.82) is 0 Å². The van der Waals surface area contributed by atoms with Gasteiger partial charge in [0.05, 0.1) is 11.0 Å². The Morgan fingerprint density at radius 3 is 1.35 bits per heavy atom. The Bertz CT molecular complexity index is 3140. The van der Waals surface area contributed by atoms with E-state index in [1.165, 1.54) is 27.5 Å². The molecule has 0 aliphatic carbocycles. The zero-order chi connectivity index (χ0) is 41.6. The average molecular weight is 799 g/mol. The van der Waals surface area contributed by atoms with Gasteiger partial charge in [0, 0.05) is 56.1 Å². The van der Waals surface area contributed by atoms with Gasteiger partial charge in [-0.3, -0.25) is 0 Å². The van der Waals surface area contributed by atoms with E-state index in [0.29, 0.717) is 5.89 Å². The molecule has 2 heterocycles. The van der Waals surface area contributed by atoms with Gasteiger partial charge in [0.25, 0.3) is 0 Å². The van der Waals surface area contributed by atoms with Crippen LogP contribution in [0.25, 0.3) is 61.2 Å². The Balaban J connectivity index is 1.10. The summed E-state index contributed by atoms with van der Waals surface area (Å²) in [6.07, 6.45) is 0. The first-order valence-electron chi connectivity index (χ1n) is 21.0. The third kappa shape index (κ3) is 6.48. The maximum absolute atomic E-state index is 6.31. The van der Waals surface area contributed by atoms with Gasteiger partial charge in [0.15, 0.2) is 5.58 Å². The van der Waals surface area contributed by atoms with Crippen LogP contribution in [-0.2, 0) is 0 Å². The van der Waals surface area contributed by atoms with Crippen molar-refractivity contribution in [1.82, 2.24) is 9.55 Å². The van der Waals surface area contributed by atoms with Crippen LogP contribution < -0.4 is 9.80 Å². The molecule has 0 spiro atoms. The van der Waals surface area contributed by atoms with Gasteiger partial charge in [-0.1, -0.05) is 103 Å². The van der Waals surface area contributed by atoms with Crippen LogP contribution in [0.4, 0.5) is 34.1 Å². The first kappa shape index (κ1) is 36.9. The van der Waals surface area contributed by atoms with Crippen LogP contribution in [0.5, 0.6) is 0 Å². The quantitative estimate of drug-likeness (QED) is 0.146. The van der Waals surface area contributed by atoms with Gasteiger partial charge in [0.1, 0.15) is 5.52 Å². The molecule has 11 aromatic rings. The lowest BCUT2D eigenvalue weighted by Crippen LogP contribution is -2.09. The monoisotopic (exact) mass is 798 g/mol. The number of benzene rings is 9. The molecule has 0 aliphatic rings. The molecule has 0 fully saturated rings. The summed E-state index contributed by atoms with van der Waals surface area (Å²) in [6, 6.07) is 77.2. The molecule has 0 bridgehead atoms. The second-order valence-electron chi connectivity index (χ2n) is 15.7. The molecule has 0 atom stereocenters. The molecule has 296 valence electrons. The molecule has 0 unspecified atom stereocenters. The van der Waals surface area contributed by atoms with E-state index in [0.717, 1.165) is 73.1 Å². The van der Waals surface area contributed by atoms with Gasteiger partial charge in [-0.15, -0.1) is 0 Å². The normalized spacial score (nSPS) is 11.4. The molecular formula is C57H42N4O. The Morgan fingerprint density at radius 2 is 0.871 bits per heavy atom. The smallest absolute Gasteiger partial charge is 0.227 e. The summed E-state index contributed by atoms with van der Waals surface area (Å²) in [4.78, 5) is 9.47. The van der Waals surface area contributed by atoms with Crippen molar-refractivity contribution in [2.75, 3.05) is 9.80 Å². The zero-order valence-electron chi connectivity index (χ0n) is 34.5. The van der Waals surface area contributed by atoms with E-state index < -0.39 is 0 Å². The maximum atomic E-state index is 6.31. The number of para-hydroxylation sites is 4. The van der Waals surface area contributed by atoms with Crippen molar-refractivity contribution in [2.24, 2.45) is 0 Å². The second-order valence-corrected chi connectivity index (χ2v) is 15.7. The second kappa shape index (κ2) is 15.5. The van der Waals surface area contributed by atoms with Crippen molar-refractivity contribution in [3.63, 3.8) is 0 Å². The number of anilines is 6. The first-order chi connectivity index (χ1) is 30.6. The number of rotatable bonds is 9. The molecule has 5 nitrogen and oxygen atoms in total. The number of hydrogen-bond donors (Lipinski definition) is 0. The molecule has 11 rings (SSSR count). The molecule has 5 heteroatoms. The lowest BCUT2D eigenvalue weighted by molar-refractivity contribution is 0.620. The fourth-order valence-corrected chi connectivity index (χ4v) is 8.90. The molecule has 0 radical (unpaired) electrons. The van der Waals surface area contributed by atoms with Crippen LogP contribution in [-0.4, -0.2) is 9.55 Å². The molecule has 0 saturated carbocycles. The van der Waals surface area contributed by atoms with Crippen LogP contribution in [0, 0.1) is 13.8 Å². The summed E-state index contributed by atoms with van der Waals surface area (Å²) in [5, 5.41) is 2.34. The van der Waals surface area contributed by atoms with E-state index in [1.807, 2.05) is 30.3 Å². The topological polar surface area (TPSA) is 37.4 Å². The number of fused-ring (bicyclic) bond motifs is 4. The van der Waals surface area contributed by atoms with E-state index >= 15 is 0 Å². The Kier molecular flexibility index (Phi) is 9.20. The van der Waals surface area contributed by atoms with Gasteiger partial charge >= 0.3 is 0 Å². The number of oxazole rings is 1. The summed E-state index contributed by atoms with van der Waals surface area (Å²) >= 11 is 0. The molecule has 0 N–H and O–H groups in total. The lowest BCUT2D eigenvalue weighted by atomic mass is 9.95. The van der Waals surface area contributed by atoms with Crippen LogP contribution in [0.1, 0.15) is 11.1 Å². The fraction of sp³-hybridized carbons (Fsp3) is 0.0351. The fourth-order valence-electron chi connectivity index (χ4n) is 8.90. The highest BCUT2D eigenvalue weighted by Gasteiger charge is 2.22. The minimum atomic E-state index is 0.630. The average Bonchev–Trinajstić information content (AvgIpc) is 3.91. The van der Waals surface area contributed by atoms with E-state index in [-0.39, 0.29) is 0 Å². The Labute approximate surface area is 361 Å². The molecule has 0 saturated heterocycles. The number of aromatic nitrogens is 2. The van der Waals surface area contributed by atoms with Crippen LogP contribution in [0.3, 0.4) is 0 Å². The standard InChI is InChI=1S/C57H42N4O/c1-39-40(2)53(35-31-49(39)42-28-32-52-56(36-42)62-57(58-52)41-18-8-3-9-19-41)61-54-33-29-47(59(43-20-10-4-11-21-43)44-22-12-5-13-23-44)37-50(54)51-38-48(30-34-55(51)61)60(45-24-14-6-15-25-45)46-26-16-7-17-27-46/h3-38H,1-2H3. The third-order valence-electron chi connectivity index (χ3n) is 12.0. The highest BCUT2D eigenvalue weighted by Crippen LogP contribution is 2.44. The van der Waals surface area contributed by atoms with Crippen molar-refractivity contribution >= 4 is 67.0 Å². The van der Waals surface area contributed by atoms with Crippen LogP contribution in [0.15, 0.2) is 223 Å². The maximum Gasteiger partial charge on any atom is 0.227 e. The van der Waals surface area contributed by atoms with E-state index in [1.54, 1.807) is 0 Å². The molecule has 0 amide bonds. The highest BCUT2D eigenvalue weighted by atomic mass is 16.3. The van der Waals surface area contributed by atoms with Crippen molar-refractivity contribution in [2.45, 2.75) is 13.8 Å². The van der Waals surface area contributed by atoms with Gasteiger partial charge in [-0.25, -0.2) is 4.98 Å². The largest absolute Gasteiger partial charge is 0.436 e. The van der Waals surface area contributed by atoms with Crippen molar-refractivity contribution in [3.05, 3.63) is 230 Å². The van der Waals surface area contributed by atoms with Crippen LogP contribution in [0.2, 0.25) is 0 Å². The Morgan fingerprint density at radius 1 is 0.403 bits per heavy atom. The predicted molar refractivity (Wildman–Crippen MR) is 258 cm³/mol. The van der Waals surface area contributed by atoms with Gasteiger partial charge in [0.2, 0.25) is 5.89 Å². The van der Waals surface area contributed by atoms with Crippen molar-refractivity contribution < 1.29 is 4.42 Å². The summed E-state index contributed by atoms with van der Waals surface area (Å²) in [5.41, 5.74) is 17.3. The number of nitrogens with zero attached hydrogens (tertiary/aromatic N) is 4. The predicted octanol–water partition coefficient (Wildman–Crippen LogP) is 15.8. The molecular weight excluding hydrogens is 757 g/mol. The third-order valence-corrected chi connectivity index (χ3v) is 12.0. The summed E-state index contributed by atoms with van der Waals surface area (Å²) in [6.45, 7) is 4.47. The van der Waals surface area contributed by atoms with Crippen LogP contribution >= 0.6 is 0 Å². The van der Waals surface area contributed by atoms with Gasteiger partial charge in [-0.05, 0) is 151 Å². The van der Waals surface area contributed by atoms with Crippen molar-refractivity contribution in [3.8, 4) is 28.3 Å². The number of hydrogen-bond acceptors (Lipinski definition) is 4. The SMILES string of the molecule is Cc1c(-c2ccc3nc(-c4ccccc4)oc3c2)ccc(-n2c3ccc(N(c4ccccc4)c4ccccc4)cc3c3cc(N(c4ccccc4)c4ccccc4)ccc32)c1C. The zero-order valence-corrected chi connectivity index (χ0v) is 34.5. The van der Waals surface area contributed by atoms with E-state index in [4.69, 9.17) is 9.40 Å². The highest BCUT2D eigenvalue weighted by molar-refractivity contribution is 6.12. The minimum absolute atomic E-state index is 0.630. The first-order valence-corrected chi connectivity index (χ1v) is 21.0. The summed E-state index contributed by atoms with van der Waals surface area (Å²) < 4.78 is 8.75. The Hall–Kier alpha value is -8.15. The molecule has 62 heavy (non-hydrogen) atoms. The lowest BCUT2D eigenvalue weighted by Gasteiger charge is -2.26. The van der Waals surface area contributed by atoms with E-state index in [9.17, 15) is 0 Å². The van der Waals surface area contributed by atoms with Gasteiger partial charge < -0.3 is 18.8 Å². The summed E-state index contributed by atoms with van der Waals surface area (Å²) in [5.74, 6) is 0.630. The molecule has 0 aliphatic heterocycles. The minimum Gasteiger partial charge on any atom is -0.436 e.